The molecule has 0 spiro atoms. The maximum atomic E-state index is 4.07. The van der Waals surface area contributed by atoms with Crippen LogP contribution >= 0.6 is 0 Å². The SMILES string of the molecule is C=C1[CH+]C[C@@H]2C[C@H]1C2(C)C. The van der Waals surface area contributed by atoms with Crippen LogP contribution in [0.3, 0.4) is 0 Å². The minimum atomic E-state index is 0.575. The highest BCUT2D eigenvalue weighted by Gasteiger charge is 2.55. The van der Waals surface area contributed by atoms with Crippen LogP contribution in [0, 0.1) is 23.7 Å². The second-order valence-electron chi connectivity index (χ2n) is 4.32. The van der Waals surface area contributed by atoms with E-state index in [1.807, 2.05) is 0 Å². The maximum absolute atomic E-state index is 4.07. The molecular formula is C10H15+. The van der Waals surface area contributed by atoms with Crippen LogP contribution in [0.25, 0.3) is 0 Å². The fourth-order valence-corrected chi connectivity index (χ4v) is 2.48. The molecule has 0 N–H and O–H groups in total. The third-order valence-corrected chi connectivity index (χ3v) is 3.58. The molecule has 0 heteroatoms. The summed E-state index contributed by atoms with van der Waals surface area (Å²) in [5, 5.41) is 0. The van der Waals surface area contributed by atoms with Gasteiger partial charge in [-0.05, 0) is 17.8 Å². The molecule has 3 aliphatic carbocycles. The summed E-state index contributed by atoms with van der Waals surface area (Å²) in [4.78, 5) is 0. The van der Waals surface area contributed by atoms with Gasteiger partial charge >= 0.3 is 0 Å². The Bertz CT molecular complexity index is 174. The van der Waals surface area contributed by atoms with Gasteiger partial charge in [-0.15, -0.1) is 0 Å². The van der Waals surface area contributed by atoms with Crippen molar-refractivity contribution in [3.8, 4) is 0 Å². The van der Waals surface area contributed by atoms with E-state index in [1.54, 1.807) is 0 Å². The molecule has 2 atom stereocenters. The Balaban J connectivity index is 2.23. The van der Waals surface area contributed by atoms with Gasteiger partial charge in [0.25, 0.3) is 0 Å². The highest BCUT2D eigenvalue weighted by Crippen LogP contribution is 2.60. The van der Waals surface area contributed by atoms with Crippen molar-refractivity contribution >= 4 is 0 Å². The molecule has 3 aliphatic rings. The van der Waals surface area contributed by atoms with Gasteiger partial charge in [-0.2, -0.15) is 0 Å². The van der Waals surface area contributed by atoms with Crippen LogP contribution in [0.1, 0.15) is 26.7 Å². The van der Waals surface area contributed by atoms with Gasteiger partial charge < -0.3 is 0 Å². The molecule has 0 amide bonds. The summed E-state index contributed by atoms with van der Waals surface area (Å²) in [5.74, 6) is 1.77. The van der Waals surface area contributed by atoms with Crippen molar-refractivity contribution in [2.75, 3.05) is 0 Å². The molecule has 54 valence electrons. The first kappa shape index (κ1) is 6.33. The van der Waals surface area contributed by atoms with Crippen molar-refractivity contribution in [1.82, 2.24) is 0 Å². The van der Waals surface area contributed by atoms with Gasteiger partial charge in [0.2, 0.25) is 0 Å². The quantitative estimate of drug-likeness (QED) is 0.448. The van der Waals surface area contributed by atoms with Crippen LogP contribution in [0.5, 0.6) is 0 Å². The lowest BCUT2D eigenvalue weighted by Gasteiger charge is -2.54. The van der Waals surface area contributed by atoms with Crippen LogP contribution < -0.4 is 0 Å². The van der Waals surface area contributed by atoms with Gasteiger partial charge in [0, 0.05) is 25.3 Å². The largest absolute Gasteiger partial charge is 0.103 e. The summed E-state index contributed by atoms with van der Waals surface area (Å²) in [6, 6.07) is 0. The van der Waals surface area contributed by atoms with Crippen LogP contribution in [0.2, 0.25) is 0 Å². The third kappa shape index (κ3) is 0.549. The highest BCUT2D eigenvalue weighted by molar-refractivity contribution is 5.26. The zero-order chi connectivity index (χ0) is 7.35. The molecule has 0 aromatic carbocycles. The predicted molar refractivity (Wildman–Crippen MR) is 43.4 cm³/mol. The number of allylic oxidation sites excluding steroid dienone is 1. The van der Waals surface area contributed by atoms with E-state index in [0.29, 0.717) is 5.41 Å². The Morgan fingerprint density at radius 1 is 1.60 bits per heavy atom. The maximum Gasteiger partial charge on any atom is 0.103 e. The van der Waals surface area contributed by atoms with E-state index >= 15 is 0 Å². The molecule has 3 fully saturated rings. The first-order chi connectivity index (χ1) is 4.62. The summed E-state index contributed by atoms with van der Waals surface area (Å²) in [6.45, 7) is 8.83. The summed E-state index contributed by atoms with van der Waals surface area (Å²) >= 11 is 0. The minimum Gasteiger partial charge on any atom is -0.0588 e. The van der Waals surface area contributed by atoms with Gasteiger partial charge in [-0.3, -0.25) is 0 Å². The Kier molecular flexibility index (Phi) is 1.02. The Hall–Kier alpha value is -0.390. The Labute approximate surface area is 63.3 Å². The van der Waals surface area contributed by atoms with Gasteiger partial charge in [0.05, 0.1) is 0 Å². The van der Waals surface area contributed by atoms with E-state index in [0.717, 1.165) is 11.8 Å². The van der Waals surface area contributed by atoms with Crippen LogP contribution in [-0.4, -0.2) is 0 Å². The molecule has 0 unspecified atom stereocenters. The van der Waals surface area contributed by atoms with Crippen molar-refractivity contribution in [3.63, 3.8) is 0 Å². The number of hydrogen-bond acceptors (Lipinski definition) is 0. The average Bonchev–Trinajstić information content (AvgIpc) is 1.87. The third-order valence-electron chi connectivity index (χ3n) is 3.58. The van der Waals surface area contributed by atoms with Crippen molar-refractivity contribution in [1.29, 1.82) is 0 Å². The van der Waals surface area contributed by atoms with Crippen LogP contribution in [-0.2, 0) is 0 Å². The van der Waals surface area contributed by atoms with Crippen molar-refractivity contribution in [2.24, 2.45) is 17.3 Å². The van der Waals surface area contributed by atoms with Gasteiger partial charge in [-0.25, -0.2) is 0 Å². The van der Waals surface area contributed by atoms with E-state index < -0.39 is 0 Å². The first-order valence-electron chi connectivity index (χ1n) is 4.14. The Morgan fingerprint density at radius 2 is 2.30 bits per heavy atom. The average molecular weight is 135 g/mol. The molecule has 0 aromatic rings. The highest BCUT2D eigenvalue weighted by atomic mass is 14.6. The molecule has 0 radical (unpaired) electrons. The molecule has 2 bridgehead atoms. The van der Waals surface area contributed by atoms with E-state index in [1.165, 1.54) is 18.4 Å². The van der Waals surface area contributed by atoms with Gasteiger partial charge in [-0.1, -0.05) is 13.8 Å². The van der Waals surface area contributed by atoms with Crippen LogP contribution in [0.15, 0.2) is 12.2 Å². The van der Waals surface area contributed by atoms with E-state index in [-0.39, 0.29) is 0 Å². The molecular weight excluding hydrogens is 120 g/mol. The number of rotatable bonds is 0. The monoisotopic (exact) mass is 135 g/mol. The van der Waals surface area contributed by atoms with Gasteiger partial charge in [0.15, 0.2) is 0 Å². The molecule has 10 heavy (non-hydrogen) atoms. The fraction of sp³-hybridized carbons (Fsp3) is 0.700. The zero-order valence-electron chi connectivity index (χ0n) is 6.85. The molecule has 0 aliphatic heterocycles. The second-order valence-corrected chi connectivity index (χ2v) is 4.32. The van der Waals surface area contributed by atoms with E-state index in [2.05, 4.69) is 26.8 Å². The van der Waals surface area contributed by atoms with Crippen molar-refractivity contribution < 1.29 is 0 Å². The van der Waals surface area contributed by atoms with Gasteiger partial charge in [0.1, 0.15) is 5.57 Å². The Morgan fingerprint density at radius 3 is 2.60 bits per heavy atom. The minimum absolute atomic E-state index is 0.575. The summed E-state index contributed by atoms with van der Waals surface area (Å²) in [6.07, 6.45) is 5.01. The number of fused-ring (bicyclic) bond motifs is 2. The van der Waals surface area contributed by atoms with Crippen molar-refractivity contribution in [2.45, 2.75) is 26.7 Å². The second kappa shape index (κ2) is 1.61. The standard InChI is InChI=1S/C10H15/c1-7-4-5-8-6-9(7)10(8,2)3/h4,8-9H,1,5-6H2,2-3H3/q+1/t8-,9-/m1/s1. The topological polar surface area (TPSA) is 0 Å². The zero-order valence-corrected chi connectivity index (χ0v) is 6.85. The smallest absolute Gasteiger partial charge is 0.0588 e. The molecule has 0 heterocycles. The first-order valence-corrected chi connectivity index (χ1v) is 4.14. The summed E-state index contributed by atoms with van der Waals surface area (Å²) in [5.41, 5.74) is 1.97. The normalized spacial score (nSPS) is 42.0. The predicted octanol–water partition coefficient (Wildman–Crippen LogP) is 2.81. The van der Waals surface area contributed by atoms with Crippen LogP contribution in [0.4, 0.5) is 0 Å². The fourth-order valence-electron chi connectivity index (χ4n) is 2.48. The van der Waals surface area contributed by atoms with Crippen molar-refractivity contribution in [3.05, 3.63) is 18.6 Å². The van der Waals surface area contributed by atoms with E-state index in [4.69, 9.17) is 0 Å². The molecule has 3 rings (SSSR count). The van der Waals surface area contributed by atoms with E-state index in [9.17, 15) is 0 Å². The molecule has 0 nitrogen and oxygen atoms in total. The molecule has 0 saturated heterocycles. The summed E-state index contributed by atoms with van der Waals surface area (Å²) < 4.78 is 0. The molecule has 0 aromatic heterocycles. The summed E-state index contributed by atoms with van der Waals surface area (Å²) in [7, 11) is 0. The number of hydrogen-bond donors (Lipinski definition) is 0. The molecule has 3 saturated carbocycles. The lowest BCUT2D eigenvalue weighted by atomic mass is 9.47. The lowest BCUT2D eigenvalue weighted by Crippen LogP contribution is -2.49. The lowest BCUT2D eigenvalue weighted by molar-refractivity contribution is -0.0124.